The number of nitrogens with zero attached hydrogens (tertiary/aromatic N) is 3. The largest absolute Gasteiger partial charge is 0.344 e. The number of hydrogen-bond donors (Lipinski definition) is 1. The summed E-state index contributed by atoms with van der Waals surface area (Å²) in [5.74, 6) is -0.748. The highest BCUT2D eigenvalue weighted by molar-refractivity contribution is 5.96. The standard InChI is InChI=1S/C22H19FN4O/c1-14-5-7-16(8-6-14)18-12-17(13-27-11-10-25-21(18)27)22(28)26-15(2)20-19(23)4-3-9-24-20/h3-13,15H,1-2H3,(H,26,28)/t15-/m1/s1. The van der Waals surface area contributed by atoms with Crippen LogP contribution in [0.2, 0.25) is 0 Å². The average Bonchev–Trinajstić information content (AvgIpc) is 3.17. The minimum Gasteiger partial charge on any atom is -0.344 e. The molecule has 0 unspecified atom stereocenters. The number of benzene rings is 1. The van der Waals surface area contributed by atoms with Crippen LogP contribution in [0.25, 0.3) is 16.8 Å². The van der Waals surface area contributed by atoms with E-state index in [9.17, 15) is 9.18 Å². The van der Waals surface area contributed by atoms with Crippen LogP contribution in [0.5, 0.6) is 0 Å². The zero-order valence-corrected chi connectivity index (χ0v) is 15.6. The van der Waals surface area contributed by atoms with Gasteiger partial charge in [-0.25, -0.2) is 9.37 Å². The molecule has 5 nitrogen and oxygen atoms in total. The van der Waals surface area contributed by atoms with Crippen LogP contribution in [0.3, 0.4) is 0 Å². The Morgan fingerprint density at radius 2 is 1.93 bits per heavy atom. The fourth-order valence-electron chi connectivity index (χ4n) is 3.17. The molecule has 3 heterocycles. The molecule has 0 radical (unpaired) electrons. The number of halogens is 1. The second-order valence-electron chi connectivity index (χ2n) is 6.73. The van der Waals surface area contributed by atoms with Crippen molar-refractivity contribution in [3.05, 3.63) is 89.9 Å². The highest BCUT2D eigenvalue weighted by atomic mass is 19.1. The topological polar surface area (TPSA) is 59.3 Å². The van der Waals surface area contributed by atoms with E-state index in [0.29, 0.717) is 5.56 Å². The highest BCUT2D eigenvalue weighted by Crippen LogP contribution is 2.26. The van der Waals surface area contributed by atoms with Gasteiger partial charge in [0.1, 0.15) is 11.5 Å². The number of amides is 1. The van der Waals surface area contributed by atoms with E-state index in [-0.39, 0.29) is 11.6 Å². The average molecular weight is 374 g/mol. The second-order valence-corrected chi connectivity index (χ2v) is 6.73. The smallest absolute Gasteiger partial charge is 0.253 e. The lowest BCUT2D eigenvalue weighted by molar-refractivity contribution is 0.0938. The van der Waals surface area contributed by atoms with Crippen molar-refractivity contribution in [1.82, 2.24) is 19.7 Å². The fourth-order valence-corrected chi connectivity index (χ4v) is 3.17. The van der Waals surface area contributed by atoms with Crippen molar-refractivity contribution in [2.24, 2.45) is 0 Å². The van der Waals surface area contributed by atoms with Crippen LogP contribution in [-0.4, -0.2) is 20.3 Å². The Labute approximate surface area is 161 Å². The van der Waals surface area contributed by atoms with E-state index in [2.05, 4.69) is 15.3 Å². The highest BCUT2D eigenvalue weighted by Gasteiger charge is 2.18. The number of imidazole rings is 1. The zero-order valence-electron chi connectivity index (χ0n) is 15.6. The Kier molecular flexibility index (Phi) is 4.61. The number of nitrogens with one attached hydrogen (secondary N) is 1. The third-order valence-electron chi connectivity index (χ3n) is 4.66. The van der Waals surface area contributed by atoms with Crippen LogP contribution < -0.4 is 5.32 Å². The van der Waals surface area contributed by atoms with Gasteiger partial charge in [-0.05, 0) is 37.6 Å². The molecule has 3 aromatic heterocycles. The van der Waals surface area contributed by atoms with E-state index in [4.69, 9.17) is 0 Å². The molecule has 0 fully saturated rings. The van der Waals surface area contributed by atoms with Crippen molar-refractivity contribution in [3.63, 3.8) is 0 Å². The summed E-state index contributed by atoms with van der Waals surface area (Å²) in [6, 6.07) is 12.2. The zero-order chi connectivity index (χ0) is 19.7. The van der Waals surface area contributed by atoms with Crippen LogP contribution in [0.1, 0.15) is 34.6 Å². The maximum Gasteiger partial charge on any atom is 0.253 e. The summed E-state index contributed by atoms with van der Waals surface area (Å²) in [7, 11) is 0. The minimum atomic E-state index is -0.560. The molecule has 0 saturated carbocycles. The summed E-state index contributed by atoms with van der Waals surface area (Å²) < 4.78 is 15.8. The molecule has 0 aliphatic carbocycles. The molecule has 0 saturated heterocycles. The van der Waals surface area contributed by atoms with Crippen molar-refractivity contribution >= 4 is 11.6 Å². The van der Waals surface area contributed by atoms with Gasteiger partial charge in [0.25, 0.3) is 5.91 Å². The Bertz CT molecular complexity index is 1150. The Morgan fingerprint density at radius 1 is 1.14 bits per heavy atom. The Hall–Kier alpha value is -3.54. The SMILES string of the molecule is Cc1ccc(-c2cc(C(=O)N[C@H](C)c3ncccc3F)cn3ccnc23)cc1. The van der Waals surface area contributed by atoms with E-state index in [1.807, 2.05) is 41.7 Å². The summed E-state index contributed by atoms with van der Waals surface area (Å²) in [6.07, 6.45) is 6.72. The molecule has 1 N–H and O–H groups in total. The number of pyridine rings is 2. The predicted molar refractivity (Wildman–Crippen MR) is 105 cm³/mol. The second kappa shape index (κ2) is 7.23. The predicted octanol–water partition coefficient (Wildman–Crippen LogP) is 4.33. The number of carbonyl (C=O) groups is 1. The van der Waals surface area contributed by atoms with Crippen LogP contribution in [0.4, 0.5) is 4.39 Å². The minimum absolute atomic E-state index is 0.207. The van der Waals surface area contributed by atoms with E-state index in [0.717, 1.165) is 22.3 Å². The first kappa shape index (κ1) is 17.9. The maximum atomic E-state index is 14.0. The molecule has 28 heavy (non-hydrogen) atoms. The quantitative estimate of drug-likeness (QED) is 0.578. The number of carbonyl (C=O) groups excluding carboxylic acids is 1. The summed E-state index contributed by atoms with van der Waals surface area (Å²) in [4.78, 5) is 21.3. The van der Waals surface area contributed by atoms with Gasteiger partial charge in [0.05, 0.1) is 17.3 Å². The van der Waals surface area contributed by atoms with Crippen molar-refractivity contribution in [1.29, 1.82) is 0 Å². The molecule has 1 atom stereocenters. The lowest BCUT2D eigenvalue weighted by atomic mass is 10.0. The first-order chi connectivity index (χ1) is 13.5. The molecule has 0 spiro atoms. The van der Waals surface area contributed by atoms with Crippen molar-refractivity contribution in [2.75, 3.05) is 0 Å². The number of rotatable bonds is 4. The normalized spacial score (nSPS) is 12.1. The van der Waals surface area contributed by atoms with Gasteiger partial charge in [0, 0.05) is 30.4 Å². The van der Waals surface area contributed by atoms with Gasteiger partial charge < -0.3 is 9.72 Å². The van der Waals surface area contributed by atoms with Gasteiger partial charge >= 0.3 is 0 Å². The molecular weight excluding hydrogens is 355 g/mol. The number of hydrogen-bond acceptors (Lipinski definition) is 3. The molecule has 6 heteroatoms. The molecule has 4 aromatic rings. The van der Waals surface area contributed by atoms with E-state index in [1.54, 1.807) is 25.5 Å². The van der Waals surface area contributed by atoms with Gasteiger partial charge in [-0.1, -0.05) is 29.8 Å². The first-order valence-corrected chi connectivity index (χ1v) is 8.98. The molecule has 0 bridgehead atoms. The lowest BCUT2D eigenvalue weighted by Crippen LogP contribution is -2.28. The summed E-state index contributed by atoms with van der Waals surface area (Å²) in [5.41, 5.74) is 4.42. The van der Waals surface area contributed by atoms with E-state index >= 15 is 0 Å². The summed E-state index contributed by atoms with van der Waals surface area (Å²) in [6.45, 7) is 3.73. The van der Waals surface area contributed by atoms with Gasteiger partial charge in [-0.3, -0.25) is 9.78 Å². The van der Waals surface area contributed by atoms with Gasteiger partial charge in [-0.15, -0.1) is 0 Å². The molecule has 140 valence electrons. The maximum absolute atomic E-state index is 14.0. The van der Waals surface area contributed by atoms with Gasteiger partial charge in [0.15, 0.2) is 0 Å². The monoisotopic (exact) mass is 374 g/mol. The Balaban J connectivity index is 1.70. The third kappa shape index (κ3) is 3.36. The fraction of sp³-hybridized carbons (Fsp3) is 0.136. The molecule has 1 aromatic carbocycles. The van der Waals surface area contributed by atoms with E-state index in [1.165, 1.54) is 18.3 Å². The van der Waals surface area contributed by atoms with Crippen LogP contribution in [-0.2, 0) is 0 Å². The number of aromatic nitrogens is 3. The number of aryl methyl sites for hydroxylation is 1. The molecule has 0 aliphatic rings. The van der Waals surface area contributed by atoms with Crippen molar-refractivity contribution in [2.45, 2.75) is 19.9 Å². The molecular formula is C22H19FN4O. The summed E-state index contributed by atoms with van der Waals surface area (Å²) >= 11 is 0. The van der Waals surface area contributed by atoms with Crippen LogP contribution in [0, 0.1) is 12.7 Å². The van der Waals surface area contributed by atoms with Crippen LogP contribution >= 0.6 is 0 Å². The molecule has 4 rings (SSSR count). The third-order valence-corrected chi connectivity index (χ3v) is 4.66. The summed E-state index contributed by atoms with van der Waals surface area (Å²) in [5, 5.41) is 2.82. The van der Waals surface area contributed by atoms with Crippen LogP contribution in [0.15, 0.2) is 67.3 Å². The first-order valence-electron chi connectivity index (χ1n) is 8.98. The van der Waals surface area contributed by atoms with Gasteiger partial charge in [-0.2, -0.15) is 0 Å². The van der Waals surface area contributed by atoms with Gasteiger partial charge in [0.2, 0.25) is 0 Å². The lowest BCUT2D eigenvalue weighted by Gasteiger charge is -2.15. The van der Waals surface area contributed by atoms with E-state index < -0.39 is 11.9 Å². The van der Waals surface area contributed by atoms with Crippen molar-refractivity contribution in [3.8, 4) is 11.1 Å². The Morgan fingerprint density at radius 3 is 2.68 bits per heavy atom. The number of fused-ring (bicyclic) bond motifs is 1. The molecule has 0 aliphatic heterocycles. The van der Waals surface area contributed by atoms with Crippen molar-refractivity contribution < 1.29 is 9.18 Å². The molecule has 1 amide bonds.